The molecule has 0 bridgehead atoms. The van der Waals surface area contributed by atoms with Crippen LogP contribution in [0.15, 0.2) is 72.4 Å². The van der Waals surface area contributed by atoms with Crippen molar-refractivity contribution in [2.75, 3.05) is 5.75 Å². The van der Waals surface area contributed by atoms with E-state index < -0.39 is 11.6 Å². The number of ketones is 1. The number of aromatic nitrogens is 4. The Morgan fingerprint density at radius 2 is 1.85 bits per heavy atom. The third-order valence-electron chi connectivity index (χ3n) is 5.33. The highest BCUT2D eigenvalue weighted by molar-refractivity contribution is 7.99. The van der Waals surface area contributed by atoms with Crippen LogP contribution in [0.1, 0.15) is 21.7 Å². The van der Waals surface area contributed by atoms with E-state index in [2.05, 4.69) is 16.8 Å². The first-order valence-electron chi connectivity index (χ1n) is 10.3. The lowest BCUT2D eigenvalue weighted by molar-refractivity contribution is 0.102. The SMILES string of the molecule is C=CCn1c(C)cc(C(=O)CSc2nnc(-c3ccccc3)n2-c2ccc(F)cc2F)c1C. The molecule has 0 saturated heterocycles. The maximum Gasteiger partial charge on any atom is 0.196 e. The Bertz CT molecular complexity index is 1330. The summed E-state index contributed by atoms with van der Waals surface area (Å²) in [5.41, 5.74) is 3.31. The molecule has 0 aliphatic heterocycles. The van der Waals surface area contributed by atoms with Gasteiger partial charge in [-0.25, -0.2) is 8.78 Å². The highest BCUT2D eigenvalue weighted by Crippen LogP contribution is 2.30. The predicted molar refractivity (Wildman–Crippen MR) is 126 cm³/mol. The molecule has 8 heteroatoms. The van der Waals surface area contributed by atoms with Gasteiger partial charge in [-0.3, -0.25) is 9.36 Å². The Morgan fingerprint density at radius 1 is 1.09 bits per heavy atom. The molecule has 168 valence electrons. The number of aryl methyl sites for hydroxylation is 1. The molecule has 0 atom stereocenters. The molecule has 33 heavy (non-hydrogen) atoms. The number of benzene rings is 2. The van der Waals surface area contributed by atoms with Crippen LogP contribution in [0, 0.1) is 25.5 Å². The first-order valence-corrected chi connectivity index (χ1v) is 11.3. The summed E-state index contributed by atoms with van der Waals surface area (Å²) in [6.07, 6.45) is 1.79. The van der Waals surface area contributed by atoms with Gasteiger partial charge in [0.25, 0.3) is 0 Å². The fourth-order valence-corrected chi connectivity index (χ4v) is 4.55. The second-order valence-electron chi connectivity index (χ2n) is 7.50. The molecule has 4 aromatic rings. The number of carbonyl (C=O) groups is 1. The lowest BCUT2D eigenvalue weighted by atomic mass is 10.2. The second kappa shape index (κ2) is 9.54. The Labute approximate surface area is 194 Å². The quantitative estimate of drug-likeness (QED) is 0.188. The summed E-state index contributed by atoms with van der Waals surface area (Å²) in [5.74, 6) is -0.995. The lowest BCUT2D eigenvalue weighted by Crippen LogP contribution is -2.08. The number of allylic oxidation sites excluding steroid dienone is 1. The van der Waals surface area contributed by atoms with Crippen LogP contribution in [0.4, 0.5) is 8.78 Å². The maximum atomic E-state index is 14.7. The summed E-state index contributed by atoms with van der Waals surface area (Å²) in [5, 5.41) is 8.80. The molecular formula is C25H22F2N4OS. The van der Waals surface area contributed by atoms with Crippen LogP contribution in [0.2, 0.25) is 0 Å². The van der Waals surface area contributed by atoms with E-state index in [9.17, 15) is 13.6 Å². The Hall–Kier alpha value is -3.52. The number of thioether (sulfide) groups is 1. The summed E-state index contributed by atoms with van der Waals surface area (Å²) in [6, 6.07) is 14.4. The van der Waals surface area contributed by atoms with Gasteiger partial charge in [0.2, 0.25) is 0 Å². The lowest BCUT2D eigenvalue weighted by Gasteiger charge is -2.11. The van der Waals surface area contributed by atoms with Crippen LogP contribution >= 0.6 is 11.8 Å². The molecule has 0 amide bonds. The van der Waals surface area contributed by atoms with E-state index in [-0.39, 0.29) is 17.2 Å². The van der Waals surface area contributed by atoms with Crippen molar-refractivity contribution >= 4 is 17.5 Å². The standard InChI is InChI=1S/C25H22F2N4OS/c1-4-12-30-16(2)13-20(17(30)3)23(32)15-33-25-29-28-24(18-8-6-5-7-9-18)31(25)22-11-10-19(26)14-21(22)27/h4-11,13-14H,1,12,15H2,2-3H3. The van der Waals surface area contributed by atoms with Crippen molar-refractivity contribution in [2.24, 2.45) is 0 Å². The van der Waals surface area contributed by atoms with Gasteiger partial charge in [0.05, 0.1) is 11.4 Å². The second-order valence-corrected chi connectivity index (χ2v) is 8.44. The van der Waals surface area contributed by atoms with Crippen molar-refractivity contribution < 1.29 is 13.6 Å². The number of carbonyl (C=O) groups excluding carboxylic acids is 1. The maximum absolute atomic E-state index is 14.7. The van der Waals surface area contributed by atoms with Gasteiger partial charge in [-0.15, -0.1) is 16.8 Å². The van der Waals surface area contributed by atoms with Crippen molar-refractivity contribution in [1.29, 1.82) is 0 Å². The average molecular weight is 465 g/mol. The third kappa shape index (κ3) is 4.52. The first kappa shape index (κ1) is 22.7. The fourth-order valence-electron chi connectivity index (χ4n) is 3.72. The van der Waals surface area contributed by atoms with E-state index in [4.69, 9.17) is 0 Å². The number of nitrogens with zero attached hydrogens (tertiary/aromatic N) is 4. The van der Waals surface area contributed by atoms with Gasteiger partial charge in [0.1, 0.15) is 11.6 Å². The summed E-state index contributed by atoms with van der Waals surface area (Å²) in [7, 11) is 0. The monoisotopic (exact) mass is 464 g/mol. The van der Waals surface area contributed by atoms with Crippen LogP contribution in [0.3, 0.4) is 0 Å². The van der Waals surface area contributed by atoms with E-state index in [0.29, 0.717) is 23.1 Å². The zero-order valence-electron chi connectivity index (χ0n) is 18.3. The minimum absolute atomic E-state index is 0.0706. The van der Waals surface area contributed by atoms with Gasteiger partial charge < -0.3 is 4.57 Å². The zero-order chi connectivity index (χ0) is 23.5. The number of halogens is 2. The molecule has 2 aromatic heterocycles. The minimum Gasteiger partial charge on any atom is -0.345 e. The third-order valence-corrected chi connectivity index (χ3v) is 6.26. The van der Waals surface area contributed by atoms with Crippen molar-refractivity contribution in [1.82, 2.24) is 19.3 Å². The molecule has 0 unspecified atom stereocenters. The molecule has 0 aliphatic carbocycles. The fraction of sp³-hybridized carbons (Fsp3) is 0.160. The van der Waals surface area contributed by atoms with E-state index in [0.717, 1.165) is 34.8 Å². The van der Waals surface area contributed by atoms with Gasteiger partial charge in [-0.05, 0) is 32.0 Å². The smallest absolute Gasteiger partial charge is 0.196 e. The number of hydrogen-bond donors (Lipinski definition) is 0. The van der Waals surface area contributed by atoms with Gasteiger partial charge in [-0.1, -0.05) is 48.2 Å². The van der Waals surface area contributed by atoms with Crippen LogP contribution in [-0.2, 0) is 6.54 Å². The number of rotatable bonds is 8. The highest BCUT2D eigenvalue weighted by atomic mass is 32.2. The number of Topliss-reactive ketones (excluding diaryl/α,β-unsaturated/α-hetero) is 1. The van der Waals surface area contributed by atoms with Crippen molar-refractivity contribution in [3.05, 3.63) is 95.8 Å². The van der Waals surface area contributed by atoms with Crippen LogP contribution in [0.5, 0.6) is 0 Å². The predicted octanol–water partition coefficient (Wildman–Crippen LogP) is 5.79. The largest absolute Gasteiger partial charge is 0.345 e. The van der Waals surface area contributed by atoms with Crippen molar-refractivity contribution in [3.63, 3.8) is 0 Å². The molecule has 0 N–H and O–H groups in total. The summed E-state index contributed by atoms with van der Waals surface area (Å²) < 4.78 is 31.8. The van der Waals surface area contributed by atoms with Gasteiger partial charge in [0.15, 0.2) is 16.8 Å². The molecule has 0 fully saturated rings. The molecule has 0 saturated carbocycles. The Kier molecular flexibility index (Phi) is 6.55. The van der Waals surface area contributed by atoms with E-state index in [1.165, 1.54) is 16.7 Å². The van der Waals surface area contributed by atoms with Gasteiger partial charge >= 0.3 is 0 Å². The molecule has 2 aromatic carbocycles. The highest BCUT2D eigenvalue weighted by Gasteiger charge is 2.21. The first-order chi connectivity index (χ1) is 15.9. The molecule has 2 heterocycles. The van der Waals surface area contributed by atoms with E-state index >= 15 is 0 Å². The molecule has 5 nitrogen and oxygen atoms in total. The Morgan fingerprint density at radius 3 is 2.55 bits per heavy atom. The van der Waals surface area contributed by atoms with Crippen molar-refractivity contribution in [3.8, 4) is 17.1 Å². The van der Waals surface area contributed by atoms with Crippen molar-refractivity contribution in [2.45, 2.75) is 25.5 Å². The average Bonchev–Trinajstić information content (AvgIpc) is 3.34. The molecule has 0 spiro atoms. The van der Waals surface area contributed by atoms with E-state index in [1.54, 1.807) is 6.08 Å². The molecular weight excluding hydrogens is 442 g/mol. The van der Waals surface area contributed by atoms with E-state index in [1.807, 2.05) is 54.8 Å². The van der Waals surface area contributed by atoms with Gasteiger partial charge in [-0.2, -0.15) is 0 Å². The Balaban J connectivity index is 1.69. The van der Waals surface area contributed by atoms with Crippen LogP contribution < -0.4 is 0 Å². The number of hydrogen-bond acceptors (Lipinski definition) is 4. The molecule has 0 radical (unpaired) electrons. The molecule has 0 aliphatic rings. The van der Waals surface area contributed by atoms with Crippen LogP contribution in [-0.4, -0.2) is 30.9 Å². The normalized spacial score (nSPS) is 11.0. The summed E-state index contributed by atoms with van der Waals surface area (Å²) >= 11 is 1.16. The topological polar surface area (TPSA) is 52.7 Å². The minimum atomic E-state index is -0.742. The zero-order valence-corrected chi connectivity index (χ0v) is 19.1. The summed E-state index contributed by atoms with van der Waals surface area (Å²) in [4.78, 5) is 13.0. The van der Waals surface area contributed by atoms with Crippen LogP contribution in [0.25, 0.3) is 17.1 Å². The molecule has 4 rings (SSSR count). The van der Waals surface area contributed by atoms with Gasteiger partial charge in [0, 0.05) is 35.1 Å². The summed E-state index contributed by atoms with van der Waals surface area (Å²) in [6.45, 7) is 8.23.